The van der Waals surface area contributed by atoms with Crippen LogP contribution in [0.4, 0.5) is 0 Å². The third kappa shape index (κ3) is 3.88. The van der Waals surface area contributed by atoms with Gasteiger partial charge in [0.2, 0.25) is 5.91 Å². The lowest BCUT2D eigenvalue weighted by Crippen LogP contribution is -2.55. The molecule has 0 spiro atoms. The molecule has 3 N–H and O–H groups in total. The largest absolute Gasteiger partial charge is 0.352 e. The first-order valence-electron chi connectivity index (χ1n) is 6.77. The highest BCUT2D eigenvalue weighted by molar-refractivity contribution is 7.99. The molecule has 0 bridgehead atoms. The molecule has 17 heavy (non-hydrogen) atoms. The molecule has 1 rings (SSSR count). The minimum Gasteiger partial charge on any atom is -0.352 e. The zero-order chi connectivity index (χ0) is 12.9. The lowest BCUT2D eigenvalue weighted by Gasteiger charge is -2.27. The van der Waals surface area contributed by atoms with Crippen LogP contribution >= 0.6 is 11.8 Å². The topological polar surface area (TPSA) is 55.1 Å². The fraction of sp³-hybridized carbons (Fsp3) is 0.923. The average Bonchev–Trinajstić information content (AvgIpc) is 2.76. The van der Waals surface area contributed by atoms with E-state index in [-0.39, 0.29) is 5.91 Å². The highest BCUT2D eigenvalue weighted by Gasteiger charge is 2.33. The SMILES string of the molecule is CCSC1CCC(NC(=O)C(N)(CC)CC)C1. The summed E-state index contributed by atoms with van der Waals surface area (Å²) in [4.78, 5) is 12.1. The lowest BCUT2D eigenvalue weighted by molar-refractivity contribution is -0.127. The van der Waals surface area contributed by atoms with Crippen molar-refractivity contribution in [2.75, 3.05) is 5.75 Å². The van der Waals surface area contributed by atoms with E-state index in [1.807, 2.05) is 25.6 Å². The summed E-state index contributed by atoms with van der Waals surface area (Å²) in [6.07, 6.45) is 4.84. The van der Waals surface area contributed by atoms with E-state index >= 15 is 0 Å². The van der Waals surface area contributed by atoms with Crippen LogP contribution in [0.5, 0.6) is 0 Å². The minimum atomic E-state index is -0.671. The number of carbonyl (C=O) groups is 1. The van der Waals surface area contributed by atoms with Gasteiger partial charge in [-0.1, -0.05) is 20.8 Å². The smallest absolute Gasteiger partial charge is 0.240 e. The summed E-state index contributed by atoms with van der Waals surface area (Å²) in [6.45, 7) is 6.15. The summed E-state index contributed by atoms with van der Waals surface area (Å²) < 4.78 is 0. The van der Waals surface area contributed by atoms with Gasteiger partial charge < -0.3 is 11.1 Å². The normalized spacial score (nSPS) is 24.9. The highest BCUT2D eigenvalue weighted by Crippen LogP contribution is 2.30. The van der Waals surface area contributed by atoms with Crippen LogP contribution in [0.2, 0.25) is 0 Å². The van der Waals surface area contributed by atoms with E-state index in [1.54, 1.807) is 0 Å². The molecule has 0 aromatic rings. The summed E-state index contributed by atoms with van der Waals surface area (Å²) >= 11 is 2.01. The predicted molar refractivity (Wildman–Crippen MR) is 75.2 cm³/mol. The molecule has 1 fully saturated rings. The van der Waals surface area contributed by atoms with Gasteiger partial charge in [0, 0.05) is 11.3 Å². The second-order valence-corrected chi connectivity index (χ2v) is 6.50. The highest BCUT2D eigenvalue weighted by atomic mass is 32.2. The monoisotopic (exact) mass is 258 g/mol. The predicted octanol–water partition coefficient (Wildman–Crippen LogP) is 2.29. The molecule has 0 aromatic heterocycles. The molecule has 0 radical (unpaired) electrons. The van der Waals surface area contributed by atoms with E-state index in [2.05, 4.69) is 12.2 Å². The summed E-state index contributed by atoms with van der Waals surface area (Å²) in [5, 5.41) is 3.86. The van der Waals surface area contributed by atoms with Gasteiger partial charge in [0.1, 0.15) is 0 Å². The first-order valence-corrected chi connectivity index (χ1v) is 7.82. The van der Waals surface area contributed by atoms with Crippen LogP contribution in [-0.2, 0) is 4.79 Å². The van der Waals surface area contributed by atoms with Gasteiger partial charge >= 0.3 is 0 Å². The standard InChI is InChI=1S/C13H26N2OS/c1-4-13(14,5-2)12(16)15-10-7-8-11(9-10)17-6-3/h10-11H,4-9,14H2,1-3H3,(H,15,16). The third-order valence-corrected chi connectivity index (χ3v) is 5.07. The van der Waals surface area contributed by atoms with Gasteiger partial charge in [0.15, 0.2) is 0 Å². The second-order valence-electron chi connectivity index (χ2n) is 4.92. The Bertz CT molecular complexity index is 254. The quantitative estimate of drug-likeness (QED) is 0.768. The van der Waals surface area contributed by atoms with Crippen molar-refractivity contribution in [3.8, 4) is 0 Å². The van der Waals surface area contributed by atoms with Crippen LogP contribution in [0, 0.1) is 0 Å². The van der Waals surface area contributed by atoms with Gasteiger partial charge in [0.25, 0.3) is 0 Å². The Kier molecular flexibility index (Phi) is 5.80. The van der Waals surface area contributed by atoms with Crippen molar-refractivity contribution in [2.24, 2.45) is 5.73 Å². The number of nitrogens with two attached hydrogens (primary N) is 1. The van der Waals surface area contributed by atoms with Crippen LogP contribution in [0.3, 0.4) is 0 Å². The van der Waals surface area contributed by atoms with Gasteiger partial charge in [-0.25, -0.2) is 0 Å². The van der Waals surface area contributed by atoms with Gasteiger partial charge in [-0.05, 0) is 37.9 Å². The van der Waals surface area contributed by atoms with E-state index in [0.717, 1.165) is 23.8 Å². The molecule has 2 atom stereocenters. The Hall–Kier alpha value is -0.220. The second kappa shape index (κ2) is 6.64. The van der Waals surface area contributed by atoms with Crippen LogP contribution in [-0.4, -0.2) is 28.5 Å². The molecule has 3 nitrogen and oxygen atoms in total. The summed E-state index contributed by atoms with van der Waals surface area (Å²) in [7, 11) is 0. The zero-order valence-electron chi connectivity index (χ0n) is 11.3. The maximum Gasteiger partial charge on any atom is 0.240 e. The minimum absolute atomic E-state index is 0.0367. The fourth-order valence-corrected chi connectivity index (χ4v) is 3.50. The van der Waals surface area contributed by atoms with Crippen LogP contribution < -0.4 is 11.1 Å². The molecular weight excluding hydrogens is 232 g/mol. The van der Waals surface area contributed by atoms with Crippen molar-refractivity contribution in [3.63, 3.8) is 0 Å². The van der Waals surface area contributed by atoms with Gasteiger partial charge in [-0.3, -0.25) is 4.79 Å². The molecule has 1 aliphatic rings. The number of hydrogen-bond acceptors (Lipinski definition) is 3. The van der Waals surface area contributed by atoms with Crippen LogP contribution in [0.1, 0.15) is 52.9 Å². The third-order valence-electron chi connectivity index (χ3n) is 3.84. The van der Waals surface area contributed by atoms with E-state index in [0.29, 0.717) is 18.9 Å². The van der Waals surface area contributed by atoms with E-state index < -0.39 is 5.54 Å². The van der Waals surface area contributed by atoms with Crippen molar-refractivity contribution in [2.45, 2.75) is 69.7 Å². The Morgan fingerprint density at radius 1 is 1.35 bits per heavy atom. The number of hydrogen-bond donors (Lipinski definition) is 2. The number of thioether (sulfide) groups is 1. The van der Waals surface area contributed by atoms with Crippen molar-refractivity contribution in [1.82, 2.24) is 5.32 Å². The first-order chi connectivity index (χ1) is 8.05. The molecule has 0 aliphatic heterocycles. The Morgan fingerprint density at radius 3 is 2.53 bits per heavy atom. The van der Waals surface area contributed by atoms with Crippen LogP contribution in [0.15, 0.2) is 0 Å². The number of carbonyl (C=O) groups excluding carboxylic acids is 1. The van der Waals surface area contributed by atoms with Crippen molar-refractivity contribution < 1.29 is 4.79 Å². The molecule has 2 unspecified atom stereocenters. The molecule has 1 amide bonds. The fourth-order valence-electron chi connectivity index (χ4n) is 2.36. The average molecular weight is 258 g/mol. The summed E-state index contributed by atoms with van der Waals surface area (Å²) in [6, 6.07) is 0.340. The van der Waals surface area contributed by atoms with Gasteiger partial charge in [0.05, 0.1) is 5.54 Å². The molecule has 1 saturated carbocycles. The number of nitrogens with one attached hydrogen (secondary N) is 1. The van der Waals surface area contributed by atoms with Gasteiger partial charge in [-0.15, -0.1) is 0 Å². The van der Waals surface area contributed by atoms with E-state index in [4.69, 9.17) is 5.73 Å². The van der Waals surface area contributed by atoms with E-state index in [1.165, 1.54) is 6.42 Å². The molecule has 100 valence electrons. The Balaban J connectivity index is 2.42. The Labute approximate surface area is 109 Å². The number of amides is 1. The molecule has 4 heteroatoms. The molecule has 0 aromatic carbocycles. The van der Waals surface area contributed by atoms with Crippen LogP contribution in [0.25, 0.3) is 0 Å². The first kappa shape index (κ1) is 14.8. The molecule has 1 aliphatic carbocycles. The summed E-state index contributed by atoms with van der Waals surface area (Å²) in [5.41, 5.74) is 5.42. The molecular formula is C13H26N2OS. The summed E-state index contributed by atoms with van der Waals surface area (Å²) in [5.74, 6) is 1.20. The molecule has 0 saturated heterocycles. The molecule has 0 heterocycles. The van der Waals surface area contributed by atoms with Crippen molar-refractivity contribution in [3.05, 3.63) is 0 Å². The van der Waals surface area contributed by atoms with E-state index in [9.17, 15) is 4.79 Å². The lowest BCUT2D eigenvalue weighted by atomic mass is 9.93. The van der Waals surface area contributed by atoms with Crippen molar-refractivity contribution in [1.29, 1.82) is 0 Å². The van der Waals surface area contributed by atoms with Gasteiger partial charge in [-0.2, -0.15) is 11.8 Å². The zero-order valence-corrected chi connectivity index (χ0v) is 12.1. The maximum atomic E-state index is 12.1. The van der Waals surface area contributed by atoms with Crippen molar-refractivity contribution >= 4 is 17.7 Å². The number of rotatable bonds is 6. The maximum absolute atomic E-state index is 12.1. The Morgan fingerprint density at radius 2 is 2.00 bits per heavy atom.